The van der Waals surface area contributed by atoms with E-state index in [1.165, 1.54) is 0 Å². The van der Waals surface area contributed by atoms with Crippen molar-refractivity contribution in [3.05, 3.63) is 55.7 Å². The molecule has 5 heteroatoms. The monoisotopic (exact) mass is 416 g/mol. The fraction of sp³-hybridized carbons (Fsp3) is 0.0769. The molecule has 0 aliphatic heterocycles. The first-order valence-corrected chi connectivity index (χ1v) is 7.12. The Morgan fingerprint density at radius 3 is 2.83 bits per heavy atom. The van der Waals surface area contributed by atoms with Gasteiger partial charge in [-0.05, 0) is 75.3 Å². The molecule has 0 unspecified atom stereocenters. The van der Waals surface area contributed by atoms with Crippen molar-refractivity contribution in [1.29, 1.82) is 0 Å². The Balaban J connectivity index is 2.21. The van der Waals surface area contributed by atoms with Crippen LogP contribution in [-0.2, 0) is 0 Å². The summed E-state index contributed by atoms with van der Waals surface area (Å²) in [5, 5.41) is 2.81. The molecule has 0 bridgehead atoms. The number of amides is 1. The lowest BCUT2D eigenvalue weighted by molar-refractivity contribution is 0.102. The second-order valence-corrected chi connectivity index (χ2v) is 5.94. The van der Waals surface area contributed by atoms with E-state index >= 15 is 0 Å². The zero-order valence-corrected chi connectivity index (χ0v) is 13.3. The van der Waals surface area contributed by atoms with Crippen LogP contribution in [0.2, 0.25) is 0 Å². The third-order valence-corrected chi connectivity index (χ3v) is 3.47. The molecule has 1 N–H and O–H groups in total. The first-order chi connectivity index (χ1) is 8.56. The highest BCUT2D eigenvalue weighted by atomic mass is 127. The third kappa shape index (κ3) is 3.29. The normalized spacial score (nSPS) is 10.2. The lowest BCUT2D eigenvalue weighted by Crippen LogP contribution is -2.14. The minimum atomic E-state index is -0.147. The summed E-state index contributed by atoms with van der Waals surface area (Å²) < 4.78 is 1.92. The van der Waals surface area contributed by atoms with E-state index in [0.29, 0.717) is 11.4 Å². The molecule has 18 heavy (non-hydrogen) atoms. The molecule has 0 atom stereocenters. The standard InChI is InChI=1S/C13H10BrIN2O/c1-8-5-10(14)7-16-12(8)17-13(18)9-3-2-4-11(15)6-9/h2-7H,1H3,(H,16,17,18). The van der Waals surface area contributed by atoms with Gasteiger partial charge in [0.2, 0.25) is 0 Å². The van der Waals surface area contributed by atoms with Crippen molar-refractivity contribution in [2.24, 2.45) is 0 Å². The van der Waals surface area contributed by atoms with Crippen molar-refractivity contribution in [2.75, 3.05) is 5.32 Å². The van der Waals surface area contributed by atoms with Gasteiger partial charge in [0.05, 0.1) is 0 Å². The maximum Gasteiger partial charge on any atom is 0.256 e. The maximum absolute atomic E-state index is 12.0. The molecular weight excluding hydrogens is 407 g/mol. The molecule has 1 amide bonds. The number of anilines is 1. The number of halogens is 2. The van der Waals surface area contributed by atoms with Crippen LogP contribution in [0, 0.1) is 10.5 Å². The van der Waals surface area contributed by atoms with Crippen LogP contribution in [0.5, 0.6) is 0 Å². The Labute approximate surface area is 127 Å². The van der Waals surface area contributed by atoms with Gasteiger partial charge in [-0.25, -0.2) is 4.98 Å². The molecule has 0 aliphatic carbocycles. The van der Waals surface area contributed by atoms with Crippen LogP contribution in [0.1, 0.15) is 15.9 Å². The van der Waals surface area contributed by atoms with E-state index in [1.54, 1.807) is 12.3 Å². The predicted octanol–water partition coefficient (Wildman–Crippen LogP) is 4.01. The van der Waals surface area contributed by atoms with Crippen LogP contribution < -0.4 is 5.32 Å². The summed E-state index contributed by atoms with van der Waals surface area (Å²) in [5.74, 6) is 0.438. The predicted molar refractivity (Wildman–Crippen MR) is 83.8 cm³/mol. The molecule has 0 radical (unpaired) electrons. The summed E-state index contributed by atoms with van der Waals surface area (Å²) in [6, 6.07) is 9.34. The number of benzene rings is 1. The summed E-state index contributed by atoms with van der Waals surface area (Å²) in [4.78, 5) is 16.2. The molecule has 3 nitrogen and oxygen atoms in total. The Morgan fingerprint density at radius 1 is 1.39 bits per heavy atom. The number of hydrogen-bond acceptors (Lipinski definition) is 2. The number of nitrogens with one attached hydrogen (secondary N) is 1. The Hall–Kier alpha value is -0.950. The minimum absolute atomic E-state index is 0.147. The van der Waals surface area contributed by atoms with E-state index in [4.69, 9.17) is 0 Å². The smallest absolute Gasteiger partial charge is 0.256 e. The van der Waals surface area contributed by atoms with Gasteiger partial charge < -0.3 is 5.32 Å². The van der Waals surface area contributed by atoms with Gasteiger partial charge in [-0.3, -0.25) is 4.79 Å². The molecule has 92 valence electrons. The molecular formula is C13H10BrIN2O. The van der Waals surface area contributed by atoms with E-state index < -0.39 is 0 Å². The largest absolute Gasteiger partial charge is 0.306 e. The molecule has 1 heterocycles. The van der Waals surface area contributed by atoms with Crippen molar-refractivity contribution >= 4 is 50.2 Å². The number of rotatable bonds is 2. The number of aromatic nitrogens is 1. The molecule has 1 aromatic carbocycles. The summed E-state index contributed by atoms with van der Waals surface area (Å²) in [6.07, 6.45) is 1.66. The van der Waals surface area contributed by atoms with Crippen molar-refractivity contribution in [1.82, 2.24) is 4.98 Å². The van der Waals surface area contributed by atoms with Gasteiger partial charge in [0.15, 0.2) is 0 Å². The summed E-state index contributed by atoms with van der Waals surface area (Å²) >= 11 is 5.52. The highest BCUT2D eigenvalue weighted by Crippen LogP contribution is 2.18. The highest BCUT2D eigenvalue weighted by molar-refractivity contribution is 14.1. The zero-order chi connectivity index (χ0) is 13.1. The van der Waals surface area contributed by atoms with Gasteiger partial charge in [0.1, 0.15) is 5.82 Å². The van der Waals surface area contributed by atoms with Crippen molar-refractivity contribution < 1.29 is 4.79 Å². The van der Waals surface area contributed by atoms with Crippen LogP contribution in [0.3, 0.4) is 0 Å². The van der Waals surface area contributed by atoms with Gasteiger partial charge >= 0.3 is 0 Å². The van der Waals surface area contributed by atoms with Crippen LogP contribution in [0.25, 0.3) is 0 Å². The SMILES string of the molecule is Cc1cc(Br)cnc1NC(=O)c1cccc(I)c1. The van der Waals surface area contributed by atoms with Crippen LogP contribution in [-0.4, -0.2) is 10.9 Å². The third-order valence-electron chi connectivity index (χ3n) is 2.36. The topological polar surface area (TPSA) is 42.0 Å². The number of nitrogens with zero attached hydrogens (tertiary/aromatic N) is 1. The van der Waals surface area contributed by atoms with Crippen LogP contribution in [0.15, 0.2) is 41.0 Å². The number of pyridine rings is 1. The molecule has 0 aliphatic rings. The molecule has 0 spiro atoms. The Morgan fingerprint density at radius 2 is 2.17 bits per heavy atom. The molecule has 0 saturated heterocycles. The van der Waals surface area contributed by atoms with Gasteiger partial charge in [0, 0.05) is 19.8 Å². The second-order valence-electron chi connectivity index (χ2n) is 3.78. The van der Waals surface area contributed by atoms with Crippen molar-refractivity contribution in [2.45, 2.75) is 6.92 Å². The van der Waals surface area contributed by atoms with Crippen molar-refractivity contribution in [3.63, 3.8) is 0 Å². The molecule has 0 saturated carbocycles. The van der Waals surface area contributed by atoms with Crippen molar-refractivity contribution in [3.8, 4) is 0 Å². The van der Waals surface area contributed by atoms with Gasteiger partial charge in [0.25, 0.3) is 5.91 Å². The zero-order valence-electron chi connectivity index (χ0n) is 9.58. The Bertz CT molecular complexity index is 601. The van der Waals surface area contributed by atoms with E-state index in [2.05, 4.69) is 48.8 Å². The van der Waals surface area contributed by atoms with Crippen LogP contribution in [0.4, 0.5) is 5.82 Å². The molecule has 1 aromatic heterocycles. The molecule has 0 fully saturated rings. The minimum Gasteiger partial charge on any atom is -0.306 e. The number of carbonyl (C=O) groups is 1. The fourth-order valence-corrected chi connectivity index (χ4v) is 2.47. The first-order valence-electron chi connectivity index (χ1n) is 5.25. The second kappa shape index (κ2) is 5.79. The Kier molecular flexibility index (Phi) is 4.34. The number of carbonyl (C=O) groups excluding carboxylic acids is 1. The fourth-order valence-electron chi connectivity index (χ4n) is 1.48. The first kappa shape index (κ1) is 13.5. The van der Waals surface area contributed by atoms with E-state index in [0.717, 1.165) is 13.6 Å². The maximum atomic E-state index is 12.0. The lowest BCUT2D eigenvalue weighted by Gasteiger charge is -2.07. The quantitative estimate of drug-likeness (QED) is 0.751. The van der Waals surface area contributed by atoms with Gasteiger partial charge in [-0.2, -0.15) is 0 Å². The average molecular weight is 417 g/mol. The highest BCUT2D eigenvalue weighted by Gasteiger charge is 2.09. The average Bonchev–Trinajstić information content (AvgIpc) is 2.32. The van der Waals surface area contributed by atoms with E-state index in [-0.39, 0.29) is 5.91 Å². The molecule has 2 aromatic rings. The number of hydrogen-bond donors (Lipinski definition) is 1. The van der Waals surface area contributed by atoms with Gasteiger partial charge in [-0.15, -0.1) is 0 Å². The summed E-state index contributed by atoms with van der Waals surface area (Å²) in [7, 11) is 0. The summed E-state index contributed by atoms with van der Waals surface area (Å²) in [5.41, 5.74) is 1.55. The summed E-state index contributed by atoms with van der Waals surface area (Å²) in [6.45, 7) is 1.90. The lowest BCUT2D eigenvalue weighted by atomic mass is 10.2. The van der Waals surface area contributed by atoms with E-state index in [1.807, 2.05) is 31.2 Å². The van der Waals surface area contributed by atoms with Crippen LogP contribution >= 0.6 is 38.5 Å². The molecule has 2 rings (SSSR count). The number of aryl methyl sites for hydroxylation is 1. The van der Waals surface area contributed by atoms with Gasteiger partial charge in [-0.1, -0.05) is 6.07 Å². The van der Waals surface area contributed by atoms with E-state index in [9.17, 15) is 4.79 Å².